The average molecular weight is 424 g/mol. The van der Waals surface area contributed by atoms with E-state index in [1.165, 1.54) is 0 Å². The minimum absolute atomic E-state index is 0.163. The van der Waals surface area contributed by atoms with Gasteiger partial charge in [0.25, 0.3) is 0 Å². The molecule has 0 heterocycles. The average Bonchev–Trinajstić information content (AvgIpc) is 2.48. The van der Waals surface area contributed by atoms with Crippen LogP contribution in [0.15, 0.2) is 30.0 Å². The Morgan fingerprint density at radius 2 is 1.38 bits per heavy atom. The molecule has 0 aromatic heterocycles. The molecule has 0 amide bonds. The highest BCUT2D eigenvalue weighted by Crippen LogP contribution is 2.55. The van der Waals surface area contributed by atoms with Gasteiger partial charge >= 0.3 is 30.0 Å². The van der Waals surface area contributed by atoms with Crippen LogP contribution in [0.1, 0.15) is 0 Å². The number of halogens is 12. The van der Waals surface area contributed by atoms with E-state index < -0.39 is 41.5 Å². The molecule has 0 spiro atoms. The summed E-state index contributed by atoms with van der Waals surface area (Å²) in [5.74, 6) is -26.5. The molecular formula is C12H5ClF11NO. The molecule has 0 saturated carbocycles. The van der Waals surface area contributed by atoms with E-state index in [0.29, 0.717) is 12.1 Å². The molecule has 0 aliphatic heterocycles. The monoisotopic (exact) mass is 423 g/mol. The molecule has 2 nitrogen and oxygen atoms in total. The van der Waals surface area contributed by atoms with Crippen molar-refractivity contribution in [1.82, 2.24) is 0 Å². The Bertz CT molecular complexity index is 714. The van der Waals surface area contributed by atoms with Crippen LogP contribution in [0.2, 0.25) is 5.02 Å². The lowest BCUT2D eigenvalue weighted by Crippen LogP contribution is -2.61. The summed E-state index contributed by atoms with van der Waals surface area (Å²) in [5.41, 5.74) is 4.83. The maximum atomic E-state index is 13.3. The molecular weight excluding hydrogens is 419 g/mol. The third-order valence-electron chi connectivity index (χ3n) is 2.77. The lowest BCUT2D eigenvalue weighted by Gasteiger charge is -2.32. The van der Waals surface area contributed by atoms with Crippen LogP contribution in [0, 0.1) is 0 Å². The molecule has 0 fully saturated rings. The third kappa shape index (κ3) is 3.62. The van der Waals surface area contributed by atoms with Crippen molar-refractivity contribution in [3.8, 4) is 5.75 Å². The van der Waals surface area contributed by atoms with Crippen LogP contribution in [-0.4, -0.2) is 23.9 Å². The summed E-state index contributed by atoms with van der Waals surface area (Å²) in [4.78, 5) is 0. The lowest BCUT2D eigenvalue weighted by atomic mass is 10.0. The van der Waals surface area contributed by atoms with E-state index in [1.54, 1.807) is 0 Å². The summed E-state index contributed by atoms with van der Waals surface area (Å²) in [7, 11) is 0. The smallest absolute Gasteiger partial charge is 0.430 e. The number of hydrogen-bond acceptors (Lipinski definition) is 2. The molecule has 14 heteroatoms. The van der Waals surface area contributed by atoms with Gasteiger partial charge in [0.1, 0.15) is 5.75 Å². The Kier molecular flexibility index (Phi) is 5.67. The number of allylic oxidation sites excluding steroid dienone is 1. The van der Waals surface area contributed by atoms with E-state index in [4.69, 9.17) is 17.3 Å². The summed E-state index contributed by atoms with van der Waals surface area (Å²) in [6, 6.07) is -1.02. The number of benzene rings is 1. The zero-order valence-electron chi connectivity index (χ0n) is 11.8. The second-order valence-electron chi connectivity index (χ2n) is 4.59. The molecule has 0 radical (unpaired) electrons. The van der Waals surface area contributed by atoms with Crippen LogP contribution in [-0.2, 0) is 0 Å². The van der Waals surface area contributed by atoms with Crippen LogP contribution in [0.5, 0.6) is 5.75 Å². The fraction of sp³-hybridized carbons (Fsp3) is 0.333. The molecule has 0 bridgehead atoms. The molecule has 1 aromatic carbocycles. The van der Waals surface area contributed by atoms with Gasteiger partial charge in [0, 0.05) is 6.07 Å². The molecule has 0 atom stereocenters. The first kappa shape index (κ1) is 22.1. The van der Waals surface area contributed by atoms with Gasteiger partial charge in [-0.2, -0.15) is 48.3 Å². The van der Waals surface area contributed by atoms with Crippen molar-refractivity contribution >= 4 is 17.3 Å². The summed E-state index contributed by atoms with van der Waals surface area (Å²) in [6.45, 7) is 0. The summed E-state index contributed by atoms with van der Waals surface area (Å²) >= 11 is 5.44. The summed E-state index contributed by atoms with van der Waals surface area (Å²) < 4.78 is 144. The molecule has 0 aliphatic carbocycles. The van der Waals surface area contributed by atoms with Crippen LogP contribution < -0.4 is 10.5 Å². The number of alkyl halides is 9. The second-order valence-corrected chi connectivity index (χ2v) is 5.00. The molecule has 148 valence electrons. The first-order chi connectivity index (χ1) is 11.5. The van der Waals surface area contributed by atoms with Crippen LogP contribution in [0.4, 0.5) is 54.0 Å². The van der Waals surface area contributed by atoms with Gasteiger partial charge < -0.3 is 10.5 Å². The Hall–Kier alpha value is -1.92. The number of nitrogens with two attached hydrogens (primary N) is 1. The SMILES string of the molecule is Nc1cc(OC(F)=C(F)C(F)(F)C(F)(F)C(F)(F)C(F)(F)F)ccc1Cl. The van der Waals surface area contributed by atoms with Crippen molar-refractivity contribution in [1.29, 1.82) is 0 Å². The van der Waals surface area contributed by atoms with E-state index in [1.807, 2.05) is 0 Å². The predicted octanol–water partition coefficient (Wildman–Crippen LogP) is 5.88. The maximum Gasteiger partial charge on any atom is 0.460 e. The zero-order chi connectivity index (χ0) is 20.7. The first-order valence-electron chi connectivity index (χ1n) is 5.95. The van der Waals surface area contributed by atoms with E-state index in [0.717, 1.165) is 6.07 Å². The van der Waals surface area contributed by atoms with Gasteiger partial charge in [-0.1, -0.05) is 11.6 Å². The molecule has 26 heavy (non-hydrogen) atoms. The maximum absolute atomic E-state index is 13.3. The van der Waals surface area contributed by atoms with Crippen molar-refractivity contribution in [2.24, 2.45) is 0 Å². The normalized spacial score (nSPS) is 14.9. The molecule has 1 aromatic rings. The zero-order valence-corrected chi connectivity index (χ0v) is 12.5. The van der Waals surface area contributed by atoms with E-state index in [2.05, 4.69) is 4.74 Å². The quantitative estimate of drug-likeness (QED) is 0.365. The topological polar surface area (TPSA) is 35.2 Å². The van der Waals surface area contributed by atoms with E-state index in [9.17, 15) is 48.3 Å². The van der Waals surface area contributed by atoms with Gasteiger partial charge in [0.2, 0.25) is 5.83 Å². The highest BCUT2D eigenvalue weighted by molar-refractivity contribution is 6.33. The van der Waals surface area contributed by atoms with E-state index >= 15 is 0 Å². The molecule has 0 aliphatic rings. The molecule has 2 N–H and O–H groups in total. The van der Waals surface area contributed by atoms with Crippen molar-refractivity contribution < 1.29 is 53.0 Å². The highest BCUT2D eigenvalue weighted by atomic mass is 35.5. The minimum Gasteiger partial charge on any atom is -0.430 e. The standard InChI is InChI=1S/C12H5ClF11NO/c13-5-2-1-4(3-6(5)25)26-8(15)7(14)9(16,17)10(18,19)11(20,21)12(22,23)24/h1-3H,25H2. The number of rotatable bonds is 5. The Balaban J connectivity index is 3.31. The number of ether oxygens (including phenoxy) is 1. The van der Waals surface area contributed by atoms with Crippen LogP contribution >= 0.6 is 11.6 Å². The molecule has 1 rings (SSSR count). The minimum atomic E-state index is -7.38. The van der Waals surface area contributed by atoms with Crippen molar-refractivity contribution in [2.75, 3.05) is 5.73 Å². The fourth-order valence-corrected chi connectivity index (χ4v) is 1.49. The fourth-order valence-electron chi connectivity index (χ4n) is 1.37. The predicted molar refractivity (Wildman–Crippen MR) is 66.6 cm³/mol. The second kappa shape index (κ2) is 6.67. The molecule has 0 unspecified atom stereocenters. The van der Waals surface area contributed by atoms with Crippen LogP contribution in [0.3, 0.4) is 0 Å². The number of anilines is 1. The van der Waals surface area contributed by atoms with E-state index in [-0.39, 0.29) is 10.7 Å². The first-order valence-corrected chi connectivity index (χ1v) is 6.33. The third-order valence-corrected chi connectivity index (χ3v) is 3.11. The Morgan fingerprint density at radius 1 is 0.885 bits per heavy atom. The van der Waals surface area contributed by atoms with Gasteiger partial charge in [0.05, 0.1) is 10.7 Å². The van der Waals surface area contributed by atoms with Crippen molar-refractivity contribution in [3.63, 3.8) is 0 Å². The van der Waals surface area contributed by atoms with Gasteiger partial charge in [-0.15, -0.1) is 0 Å². The number of nitrogen functional groups attached to an aromatic ring is 1. The molecule has 0 saturated heterocycles. The van der Waals surface area contributed by atoms with Crippen molar-refractivity contribution in [2.45, 2.75) is 23.9 Å². The number of hydrogen-bond donors (Lipinski definition) is 1. The van der Waals surface area contributed by atoms with Crippen LogP contribution in [0.25, 0.3) is 0 Å². The van der Waals surface area contributed by atoms with Gasteiger partial charge in [0.15, 0.2) is 0 Å². The Morgan fingerprint density at radius 3 is 1.81 bits per heavy atom. The summed E-state index contributed by atoms with van der Waals surface area (Å²) in [5, 5.41) is -0.163. The lowest BCUT2D eigenvalue weighted by molar-refractivity contribution is -0.392. The summed E-state index contributed by atoms with van der Waals surface area (Å²) in [6.07, 6.45) is -7.18. The highest BCUT2D eigenvalue weighted by Gasteiger charge is 2.83. The Labute approximate surface area is 142 Å². The van der Waals surface area contributed by atoms with Gasteiger partial charge in [-0.3, -0.25) is 0 Å². The van der Waals surface area contributed by atoms with Gasteiger partial charge in [-0.25, -0.2) is 0 Å². The largest absolute Gasteiger partial charge is 0.460 e. The van der Waals surface area contributed by atoms with Gasteiger partial charge in [-0.05, 0) is 12.1 Å². The van der Waals surface area contributed by atoms with Crippen molar-refractivity contribution in [3.05, 3.63) is 35.1 Å².